The number of likely N-dealkylation sites (tertiary alicyclic amines) is 1. The molecule has 0 atom stereocenters. The minimum Gasteiger partial charge on any atom is -0.496 e. The standard InChI is InChI=1S/C21H31N3.C18H27N3.C17H25N3.C15H18O.C14H16O.C14H16.C13H17N.C12H15N/c1-21(2,3)19-10-7-9-18-17(19)11-13-23-20(18)22-12-8-16-24-14-5-4-6-15-24;1-18(2,3)16-9-6-8-15-14(16)10-12-20-17(15)19-11-7-13-21(4)5;1-17(2,3)15-8-6-7-14-13(15)9-10-18-16(14)19-11-12-20(4)5;1-15(2,3)13-9-10-14(16-4)12-8-6-5-7-11(12)13;1-14(2,3)11-7-8-12-10(9-11)5-4-6-13(12)15;1-14(2,3)13-10-6-8-11-7-4-5-9-12(11)13;1-9-8-14-12-6-5-10(7-11(9)12)13(2,3)4;1-12(2,3)10-4-5-11-9(8-10)6-7-13-11/h7,9-11,13H,4-6,8,12,14-16H2,1-3H3,(H,22,23);6,8-10,12H,7,11,13H2,1-5H3,(H,19,20);6-10H,11-12H2,1-5H3,(H,18,19);5-10H,1-4H3;4-5,7-9H,6H2,1-3H3;4-10H,1-3H3;5-8,14H,1-4H3;4-8,13H,1-3H3. The van der Waals surface area contributed by atoms with Gasteiger partial charge in [0.1, 0.15) is 23.2 Å². The summed E-state index contributed by atoms with van der Waals surface area (Å²) in [5, 5.41) is 25.9. The minimum absolute atomic E-state index is 0.141. The van der Waals surface area contributed by atoms with E-state index in [0.717, 1.165) is 73.5 Å². The van der Waals surface area contributed by atoms with Crippen molar-refractivity contribution < 1.29 is 9.53 Å². The normalized spacial score (nSPS) is 13.2. The Labute approximate surface area is 823 Å². The van der Waals surface area contributed by atoms with Gasteiger partial charge in [-0.05, 0) is 278 Å². The van der Waals surface area contributed by atoms with Gasteiger partial charge in [-0.3, -0.25) is 4.79 Å². The topological polar surface area (TPSA) is 142 Å². The number of hydrogen-bond acceptors (Lipinski definition) is 11. The number of ether oxygens (including phenoxy) is 1. The second-order valence-corrected chi connectivity index (χ2v) is 45.9. The largest absolute Gasteiger partial charge is 0.496 e. The number of hydrogen-bond donors (Lipinski definition) is 5. The van der Waals surface area contributed by atoms with Crippen LogP contribution in [0.5, 0.6) is 5.75 Å². The van der Waals surface area contributed by atoms with E-state index in [4.69, 9.17) is 4.74 Å². The van der Waals surface area contributed by atoms with E-state index in [1.165, 1.54) is 171 Å². The van der Waals surface area contributed by atoms with Gasteiger partial charge in [-0.2, -0.15) is 0 Å². The van der Waals surface area contributed by atoms with Crippen molar-refractivity contribution in [2.24, 2.45) is 0 Å². The number of rotatable bonds is 15. The molecule has 15 aromatic rings. The first kappa shape index (κ1) is 108. The number of anilines is 3. The summed E-state index contributed by atoms with van der Waals surface area (Å²) < 4.78 is 5.40. The van der Waals surface area contributed by atoms with E-state index < -0.39 is 0 Å². The highest BCUT2D eigenvalue weighted by Gasteiger charge is 2.26. The predicted molar refractivity (Wildman–Crippen MR) is 597 cm³/mol. The average molecular weight is 1840 g/mol. The second kappa shape index (κ2) is 47.2. The zero-order valence-corrected chi connectivity index (χ0v) is 89.1. The number of aromatic nitrogens is 5. The summed E-state index contributed by atoms with van der Waals surface area (Å²) in [5.74, 6) is 4.18. The first-order valence-corrected chi connectivity index (χ1v) is 49.9. The molecule has 0 bridgehead atoms. The van der Waals surface area contributed by atoms with Gasteiger partial charge in [0.05, 0.1) is 7.11 Å². The average Bonchev–Trinajstić information content (AvgIpc) is 0.925. The highest BCUT2D eigenvalue weighted by atomic mass is 16.5. The van der Waals surface area contributed by atoms with Gasteiger partial charge >= 0.3 is 0 Å². The van der Waals surface area contributed by atoms with Crippen LogP contribution >= 0.6 is 0 Å². The molecule has 6 heterocycles. The molecule has 5 aromatic heterocycles. The number of ketones is 1. The van der Waals surface area contributed by atoms with Gasteiger partial charge in [0.15, 0.2) is 5.78 Å². The molecule has 1 aliphatic carbocycles. The molecule has 1 saturated heterocycles. The third-order valence-electron chi connectivity index (χ3n) is 25.7. The first-order chi connectivity index (χ1) is 64.5. The molecular weight excluding hydrogens is 1680 g/mol. The predicted octanol–water partition coefficient (Wildman–Crippen LogP) is 31.3. The summed E-state index contributed by atoms with van der Waals surface area (Å²) in [6.45, 7) is 64.7. The van der Waals surface area contributed by atoms with Crippen molar-refractivity contribution in [3.05, 3.63) is 311 Å². The summed E-state index contributed by atoms with van der Waals surface area (Å²) in [6, 6.07) is 75.3. The van der Waals surface area contributed by atoms with Gasteiger partial charge in [-0.15, -0.1) is 0 Å². The number of carbonyl (C=O) groups is 1. The van der Waals surface area contributed by atoms with Crippen LogP contribution in [0.4, 0.5) is 17.5 Å². The molecule has 728 valence electrons. The number of aromatic amines is 2. The highest BCUT2D eigenvalue weighted by molar-refractivity contribution is 6.03. The number of nitrogens with one attached hydrogen (secondary N) is 5. The van der Waals surface area contributed by atoms with E-state index >= 15 is 0 Å². The Morgan fingerprint density at radius 2 is 0.788 bits per heavy atom. The number of fused-ring (bicyclic) bond motifs is 8. The van der Waals surface area contributed by atoms with E-state index in [9.17, 15) is 4.79 Å². The number of carbonyl (C=O) groups excluding carboxylic acids is 1. The van der Waals surface area contributed by atoms with Crippen molar-refractivity contribution in [1.82, 2.24) is 39.6 Å². The molecule has 0 saturated carbocycles. The Balaban J connectivity index is 0.000000163. The van der Waals surface area contributed by atoms with Crippen LogP contribution in [0.15, 0.2) is 249 Å². The molecule has 17 rings (SSSR count). The zero-order chi connectivity index (χ0) is 100. The number of pyridine rings is 3. The fourth-order valence-electron chi connectivity index (χ4n) is 17.8. The molecule has 1 aliphatic heterocycles. The molecule has 13 nitrogen and oxygen atoms in total. The maximum absolute atomic E-state index is 11.6. The number of piperidine rings is 1. The fraction of sp³-hybridized carbons (Fsp3) is 0.419. The molecule has 0 spiro atoms. The molecule has 10 aromatic carbocycles. The summed E-state index contributed by atoms with van der Waals surface area (Å²) in [5.41, 5.74) is 18.1. The lowest BCUT2D eigenvalue weighted by Crippen LogP contribution is -2.31. The summed E-state index contributed by atoms with van der Waals surface area (Å²) in [6.07, 6.45) is 20.8. The zero-order valence-electron chi connectivity index (χ0n) is 89.1. The third-order valence-corrected chi connectivity index (χ3v) is 25.7. The maximum Gasteiger partial charge on any atom is 0.167 e. The second-order valence-electron chi connectivity index (χ2n) is 45.9. The quantitative estimate of drug-likeness (QED) is 0.0626. The van der Waals surface area contributed by atoms with Gasteiger partial charge in [0.25, 0.3) is 0 Å². The number of allylic oxidation sites excluding steroid dienone is 1. The number of likely N-dealkylation sites (N-methyl/N-ethyl adjacent to an activating group) is 1. The lowest BCUT2D eigenvalue weighted by Gasteiger charge is -2.26. The number of methoxy groups -OCH3 is 1. The lowest BCUT2D eigenvalue weighted by molar-refractivity contribution is 0.0994. The van der Waals surface area contributed by atoms with Crippen LogP contribution in [0.2, 0.25) is 0 Å². The number of H-pyrrole nitrogens is 2. The highest BCUT2D eigenvalue weighted by Crippen LogP contribution is 2.40. The van der Waals surface area contributed by atoms with Gasteiger partial charge < -0.3 is 45.4 Å². The number of Topliss-reactive ketones (excluding diaryl/α,β-unsaturated/α-hetero) is 1. The van der Waals surface area contributed by atoms with Crippen LogP contribution in [-0.2, 0) is 43.3 Å². The van der Waals surface area contributed by atoms with E-state index in [2.05, 4.69) is 469 Å². The smallest absolute Gasteiger partial charge is 0.167 e. The van der Waals surface area contributed by atoms with E-state index in [0.29, 0.717) is 6.42 Å². The molecule has 0 amide bonds. The Morgan fingerprint density at radius 1 is 0.372 bits per heavy atom. The molecule has 137 heavy (non-hydrogen) atoms. The van der Waals surface area contributed by atoms with Crippen molar-refractivity contribution in [2.75, 3.05) is 104 Å². The Hall–Kier alpha value is -11.5. The van der Waals surface area contributed by atoms with Crippen molar-refractivity contribution >= 4 is 105 Å². The molecule has 2 aliphatic rings. The van der Waals surface area contributed by atoms with Crippen LogP contribution in [0.25, 0.3) is 81.7 Å². The number of benzene rings is 10. The van der Waals surface area contributed by atoms with Gasteiger partial charge in [0.2, 0.25) is 0 Å². The van der Waals surface area contributed by atoms with Crippen LogP contribution in [-0.4, -0.2) is 133 Å². The maximum atomic E-state index is 11.6. The van der Waals surface area contributed by atoms with Crippen molar-refractivity contribution in [2.45, 2.75) is 255 Å². The van der Waals surface area contributed by atoms with Crippen LogP contribution in [0.1, 0.15) is 271 Å². The van der Waals surface area contributed by atoms with Crippen molar-refractivity contribution in [3.63, 3.8) is 0 Å². The third kappa shape index (κ3) is 30.5. The van der Waals surface area contributed by atoms with E-state index in [1.807, 2.05) is 43.0 Å². The minimum atomic E-state index is 0.141. The molecular formula is C124H165N11O2. The molecule has 0 unspecified atom stereocenters. The number of nitrogens with zero attached hydrogens (tertiary/aromatic N) is 6. The summed E-state index contributed by atoms with van der Waals surface area (Å²) in [4.78, 5) is 38.6. The molecule has 1 fully saturated rings. The first-order valence-electron chi connectivity index (χ1n) is 49.9. The SMILES string of the molecule is CC(C)(C)c1ccc2[nH]ccc2c1.CC(C)(C)c1ccc2c(c1)C=CCC2=O.CC(C)(C)c1cccc2c(NCCCN3CCCCC3)nccc12.CC(C)(C)c1cccc2ccccc12.CN(C)CCCNc1nccc2c(C(C)(C)C)cccc12.CN(C)CCNc1nccc2c(C(C)(C)C)cccc12.COc1ccc(C(C)(C)C)c2ccccc12.Cc1c[nH]c2ccc(C(C)(C)C)cc12. The molecule has 0 radical (unpaired) electrons. The molecule has 5 N–H and O–H groups in total. The summed E-state index contributed by atoms with van der Waals surface area (Å²) in [7, 11) is 10.1. The molecule has 13 heteroatoms. The van der Waals surface area contributed by atoms with Crippen molar-refractivity contribution in [3.8, 4) is 5.75 Å². The lowest BCUT2D eigenvalue weighted by atomic mass is 9.83. The van der Waals surface area contributed by atoms with E-state index in [1.54, 1.807) is 7.11 Å². The Morgan fingerprint density at radius 3 is 1.28 bits per heavy atom. The summed E-state index contributed by atoms with van der Waals surface area (Å²) >= 11 is 0. The van der Waals surface area contributed by atoms with E-state index in [-0.39, 0.29) is 49.1 Å². The van der Waals surface area contributed by atoms with Crippen LogP contribution in [0, 0.1) is 6.92 Å². The Bertz CT molecular complexity index is 6450. The fourth-order valence-corrected chi connectivity index (χ4v) is 17.8. The van der Waals surface area contributed by atoms with Gasteiger partial charge in [-0.25, -0.2) is 15.0 Å². The van der Waals surface area contributed by atoms with Crippen LogP contribution in [0.3, 0.4) is 0 Å². The number of aryl methyl sites for hydroxylation is 1. The Kier molecular flexibility index (Phi) is 37.1. The van der Waals surface area contributed by atoms with Crippen LogP contribution < -0.4 is 20.7 Å². The monoisotopic (exact) mass is 1840 g/mol. The van der Waals surface area contributed by atoms with Gasteiger partial charge in [0, 0.05) is 107 Å². The van der Waals surface area contributed by atoms with Crippen molar-refractivity contribution in [1.29, 1.82) is 0 Å². The van der Waals surface area contributed by atoms with Gasteiger partial charge in [-0.1, -0.05) is 342 Å².